The third-order valence-corrected chi connectivity index (χ3v) is 9.59. The van der Waals surface area contributed by atoms with E-state index in [1.807, 2.05) is 0 Å². The maximum absolute atomic E-state index is 3.98. The van der Waals surface area contributed by atoms with E-state index in [2.05, 4.69) is 80.4 Å². The number of halogens is 2. The van der Waals surface area contributed by atoms with Crippen LogP contribution in [0.15, 0.2) is 48.5 Å². The van der Waals surface area contributed by atoms with Crippen molar-refractivity contribution in [3.8, 4) is 11.1 Å². The molecule has 0 N–H and O–H groups in total. The molecular weight excluding hydrogens is 424 g/mol. The Labute approximate surface area is 161 Å². The Hall–Kier alpha value is -0.600. The molecule has 2 aromatic carbocycles. The minimum Gasteiger partial charge on any atom is -0.0922 e. The van der Waals surface area contributed by atoms with Crippen LogP contribution in [0.3, 0.4) is 0 Å². The Kier molecular flexibility index (Phi) is 3.39. The zero-order chi connectivity index (χ0) is 16.4. The highest BCUT2D eigenvalue weighted by molar-refractivity contribution is 9.09. The molecule has 5 rings (SSSR count). The Morgan fingerprint density at radius 1 is 0.667 bits per heavy atom. The zero-order valence-corrected chi connectivity index (χ0v) is 17.0. The van der Waals surface area contributed by atoms with Gasteiger partial charge in [0.15, 0.2) is 0 Å². The lowest BCUT2D eigenvalue weighted by Crippen LogP contribution is -2.55. The van der Waals surface area contributed by atoms with E-state index in [9.17, 15) is 0 Å². The standard InChI is InChI=1S/C22H22Br2/c23-14-20-10-5-11-21(15-24,13-12-20)22(20)18-8-3-1-6-16(18)17-7-2-4-9-19(17)22/h1-4,6-9H,5,10-15H2. The lowest BCUT2D eigenvalue weighted by Gasteiger charge is -2.57. The van der Waals surface area contributed by atoms with Crippen molar-refractivity contribution in [2.75, 3.05) is 10.7 Å². The van der Waals surface area contributed by atoms with E-state index in [1.54, 1.807) is 11.1 Å². The van der Waals surface area contributed by atoms with E-state index in [-0.39, 0.29) is 5.41 Å². The molecule has 2 fully saturated rings. The van der Waals surface area contributed by atoms with Gasteiger partial charge in [-0.2, -0.15) is 0 Å². The highest BCUT2D eigenvalue weighted by Crippen LogP contribution is 2.76. The van der Waals surface area contributed by atoms with Crippen LogP contribution in [0.5, 0.6) is 0 Å². The van der Waals surface area contributed by atoms with Crippen molar-refractivity contribution in [3.63, 3.8) is 0 Å². The SMILES string of the molecule is BrCC12CCCC(CBr)(CC1)C21c2ccccc2-c2ccccc21. The summed E-state index contributed by atoms with van der Waals surface area (Å²) in [7, 11) is 0. The molecule has 1 spiro atoms. The van der Waals surface area contributed by atoms with E-state index >= 15 is 0 Å². The first-order valence-electron chi connectivity index (χ1n) is 9.06. The van der Waals surface area contributed by atoms with Gasteiger partial charge in [-0.05, 0) is 58.8 Å². The summed E-state index contributed by atoms with van der Waals surface area (Å²) >= 11 is 7.96. The molecule has 2 atom stereocenters. The summed E-state index contributed by atoms with van der Waals surface area (Å²) in [5, 5.41) is 2.22. The van der Waals surface area contributed by atoms with Gasteiger partial charge in [0.05, 0.1) is 0 Å². The highest BCUT2D eigenvalue weighted by atomic mass is 79.9. The van der Waals surface area contributed by atoms with Crippen LogP contribution in [0, 0.1) is 10.8 Å². The Bertz CT molecular complexity index is 744. The predicted molar refractivity (Wildman–Crippen MR) is 108 cm³/mol. The second-order valence-electron chi connectivity index (χ2n) is 8.02. The van der Waals surface area contributed by atoms with Crippen molar-refractivity contribution in [1.29, 1.82) is 0 Å². The number of fused-ring (bicyclic) bond motifs is 3. The van der Waals surface area contributed by atoms with Gasteiger partial charge >= 0.3 is 0 Å². The molecule has 0 heterocycles. The van der Waals surface area contributed by atoms with Gasteiger partial charge in [0, 0.05) is 16.1 Å². The molecule has 2 unspecified atom stereocenters. The van der Waals surface area contributed by atoms with Gasteiger partial charge in [-0.25, -0.2) is 0 Å². The normalized spacial score (nSPS) is 31.9. The van der Waals surface area contributed by atoms with Crippen molar-refractivity contribution in [2.45, 2.75) is 37.5 Å². The topological polar surface area (TPSA) is 0 Å². The molecule has 24 heavy (non-hydrogen) atoms. The van der Waals surface area contributed by atoms with Gasteiger partial charge in [0.1, 0.15) is 0 Å². The average Bonchev–Trinajstić information content (AvgIpc) is 3.01. The molecule has 124 valence electrons. The maximum Gasteiger partial charge on any atom is 0.0343 e. The maximum atomic E-state index is 3.98. The molecule has 3 aliphatic rings. The molecule has 2 bridgehead atoms. The average molecular weight is 446 g/mol. The molecular formula is C22H22Br2. The molecule has 2 saturated carbocycles. The van der Waals surface area contributed by atoms with E-state index in [0.717, 1.165) is 10.7 Å². The minimum atomic E-state index is 0.165. The number of benzene rings is 2. The summed E-state index contributed by atoms with van der Waals surface area (Å²) in [6.07, 6.45) is 6.73. The van der Waals surface area contributed by atoms with Gasteiger partial charge in [-0.1, -0.05) is 86.8 Å². The van der Waals surface area contributed by atoms with Crippen LogP contribution in [0.2, 0.25) is 0 Å². The summed E-state index contributed by atoms with van der Waals surface area (Å²) < 4.78 is 0. The van der Waals surface area contributed by atoms with Crippen LogP contribution in [0.25, 0.3) is 11.1 Å². The lowest BCUT2D eigenvalue weighted by molar-refractivity contribution is 0.0651. The van der Waals surface area contributed by atoms with Crippen LogP contribution < -0.4 is 0 Å². The van der Waals surface area contributed by atoms with Gasteiger partial charge in [0.25, 0.3) is 0 Å². The number of rotatable bonds is 2. The van der Waals surface area contributed by atoms with Crippen molar-refractivity contribution in [3.05, 3.63) is 59.7 Å². The fourth-order valence-electron chi connectivity index (χ4n) is 6.65. The molecule has 2 aromatic rings. The second kappa shape index (κ2) is 5.20. The van der Waals surface area contributed by atoms with Gasteiger partial charge in [-0.3, -0.25) is 0 Å². The predicted octanol–water partition coefficient (Wildman–Crippen LogP) is 6.69. The van der Waals surface area contributed by atoms with E-state index in [4.69, 9.17) is 0 Å². The second-order valence-corrected chi connectivity index (χ2v) is 9.14. The third-order valence-electron chi connectivity index (χ3n) is 7.45. The molecule has 0 saturated heterocycles. The summed E-state index contributed by atoms with van der Waals surface area (Å²) in [6.45, 7) is 0. The summed E-state index contributed by atoms with van der Waals surface area (Å²) in [5.74, 6) is 0. The van der Waals surface area contributed by atoms with Gasteiger partial charge < -0.3 is 0 Å². The Balaban J connectivity index is 1.95. The lowest BCUT2D eigenvalue weighted by atomic mass is 9.47. The van der Waals surface area contributed by atoms with E-state index in [0.29, 0.717) is 10.8 Å². The first-order chi connectivity index (χ1) is 11.7. The number of alkyl halides is 2. The smallest absolute Gasteiger partial charge is 0.0343 e. The molecule has 0 radical (unpaired) electrons. The van der Waals surface area contributed by atoms with Crippen LogP contribution in [-0.4, -0.2) is 10.7 Å². The molecule has 0 aliphatic heterocycles. The number of hydrogen-bond donors (Lipinski definition) is 0. The third kappa shape index (κ3) is 1.53. The van der Waals surface area contributed by atoms with E-state index < -0.39 is 0 Å². The van der Waals surface area contributed by atoms with Crippen molar-refractivity contribution < 1.29 is 0 Å². The highest BCUT2D eigenvalue weighted by Gasteiger charge is 2.71. The minimum absolute atomic E-state index is 0.165. The quantitative estimate of drug-likeness (QED) is 0.451. The number of hydrogen-bond acceptors (Lipinski definition) is 0. The van der Waals surface area contributed by atoms with Crippen molar-refractivity contribution in [1.82, 2.24) is 0 Å². The largest absolute Gasteiger partial charge is 0.0922 e. The van der Waals surface area contributed by atoms with Crippen LogP contribution in [-0.2, 0) is 5.41 Å². The summed E-state index contributed by atoms with van der Waals surface area (Å²) in [5.41, 5.74) is 7.02. The fraction of sp³-hybridized carbons (Fsp3) is 0.455. The first-order valence-corrected chi connectivity index (χ1v) is 11.3. The molecule has 3 aliphatic carbocycles. The fourth-order valence-corrected chi connectivity index (χ4v) is 8.61. The first kappa shape index (κ1) is 15.6. The molecule has 0 aromatic heterocycles. The zero-order valence-electron chi connectivity index (χ0n) is 13.8. The summed E-state index contributed by atoms with van der Waals surface area (Å²) in [6, 6.07) is 18.5. The van der Waals surface area contributed by atoms with Gasteiger partial charge in [0.2, 0.25) is 0 Å². The van der Waals surface area contributed by atoms with Crippen molar-refractivity contribution >= 4 is 31.9 Å². The van der Waals surface area contributed by atoms with Crippen LogP contribution in [0.1, 0.15) is 43.2 Å². The van der Waals surface area contributed by atoms with Crippen LogP contribution >= 0.6 is 31.9 Å². The molecule has 2 heteroatoms. The van der Waals surface area contributed by atoms with Gasteiger partial charge in [-0.15, -0.1) is 0 Å². The Morgan fingerprint density at radius 2 is 1.12 bits per heavy atom. The van der Waals surface area contributed by atoms with Crippen LogP contribution in [0.4, 0.5) is 0 Å². The van der Waals surface area contributed by atoms with Crippen molar-refractivity contribution in [2.24, 2.45) is 10.8 Å². The van der Waals surface area contributed by atoms with E-state index in [1.165, 1.54) is 43.2 Å². The molecule has 0 amide bonds. The monoisotopic (exact) mass is 444 g/mol. The Morgan fingerprint density at radius 3 is 1.58 bits per heavy atom. The molecule has 0 nitrogen and oxygen atoms in total. The summed E-state index contributed by atoms with van der Waals surface area (Å²) in [4.78, 5) is 0.